The van der Waals surface area contributed by atoms with Gasteiger partial charge in [0.15, 0.2) is 0 Å². The Morgan fingerprint density at radius 3 is 1.75 bits per heavy atom. The number of allylic oxidation sites excluding steroid dienone is 2. The summed E-state index contributed by atoms with van der Waals surface area (Å²) in [7, 11) is 0. The van der Waals surface area contributed by atoms with Gasteiger partial charge in [-0.25, -0.2) is 8.78 Å². The molecule has 0 heterocycles. The first-order valence-corrected chi connectivity index (χ1v) is 16.2. The van der Waals surface area contributed by atoms with Crippen molar-refractivity contribution in [3.63, 3.8) is 0 Å². The van der Waals surface area contributed by atoms with Gasteiger partial charge in [-0.3, -0.25) is 4.79 Å². The van der Waals surface area contributed by atoms with Crippen molar-refractivity contribution >= 4 is 17.2 Å². The van der Waals surface area contributed by atoms with Gasteiger partial charge in [-0.05, 0) is 107 Å². The number of carbonyl (C=O) groups is 1. The van der Waals surface area contributed by atoms with Crippen LogP contribution in [0.1, 0.15) is 116 Å². The van der Waals surface area contributed by atoms with Gasteiger partial charge in [0.05, 0.1) is 6.61 Å². The molecule has 1 aromatic carbocycles. The molecule has 0 radical (unpaired) electrons. The molecule has 3 fully saturated rings. The van der Waals surface area contributed by atoms with E-state index in [-0.39, 0.29) is 17.8 Å². The maximum absolute atomic E-state index is 15.3. The molecule has 6 heteroatoms. The second-order valence-electron chi connectivity index (χ2n) is 13.1. The molecule has 3 aliphatic carbocycles. The Balaban J connectivity index is 1.16. The summed E-state index contributed by atoms with van der Waals surface area (Å²) in [6, 6.07) is 5.22. The molecule has 0 amide bonds. The van der Waals surface area contributed by atoms with Gasteiger partial charge in [-0.15, -0.1) is 0 Å². The molecule has 0 atom stereocenters. The van der Waals surface area contributed by atoms with Crippen molar-refractivity contribution in [2.24, 2.45) is 35.5 Å². The van der Waals surface area contributed by atoms with Crippen LogP contribution in [0.4, 0.5) is 20.2 Å². The van der Waals surface area contributed by atoms with Gasteiger partial charge in [-0.1, -0.05) is 26.2 Å². The van der Waals surface area contributed by atoms with Gasteiger partial charge < -0.3 is 16.2 Å². The molecule has 3 aliphatic rings. The molecule has 0 bridgehead atoms. The number of ether oxygens (including phenoxy) is 1. The fraction of sp³-hybridized carbons (Fsp3) is 0.735. The van der Waals surface area contributed by atoms with E-state index >= 15 is 8.78 Å². The van der Waals surface area contributed by atoms with E-state index < -0.39 is 11.7 Å². The summed E-state index contributed by atoms with van der Waals surface area (Å²) >= 11 is 0. The maximum Gasteiger partial charge on any atom is 0.135 e. The fourth-order valence-corrected chi connectivity index (χ4v) is 7.60. The van der Waals surface area contributed by atoms with Crippen LogP contribution >= 0.6 is 0 Å². The topological polar surface area (TPSA) is 78.3 Å². The largest absolute Gasteiger partial charge is 0.493 e. The number of unbranched alkanes of at least 4 members (excludes halogenated alkanes) is 3. The van der Waals surface area contributed by atoms with Gasteiger partial charge in [0.2, 0.25) is 0 Å². The van der Waals surface area contributed by atoms with Crippen LogP contribution in [0.2, 0.25) is 0 Å². The lowest BCUT2D eigenvalue weighted by molar-refractivity contribution is -0.124. The highest BCUT2D eigenvalue weighted by Gasteiger charge is 2.35. The lowest BCUT2D eigenvalue weighted by atomic mass is 9.68. The lowest BCUT2D eigenvalue weighted by Crippen LogP contribution is -2.28. The first kappa shape index (κ1) is 30.8. The number of halogens is 2. The van der Waals surface area contributed by atoms with Crippen LogP contribution < -0.4 is 16.2 Å². The molecule has 4 rings (SSSR count). The van der Waals surface area contributed by atoms with Crippen LogP contribution in [-0.2, 0) is 4.79 Å². The minimum absolute atomic E-state index is 0.257. The Bertz CT molecular complexity index is 952. The number of benzene rings is 1. The zero-order chi connectivity index (χ0) is 28.5. The van der Waals surface area contributed by atoms with Gasteiger partial charge >= 0.3 is 0 Å². The predicted molar refractivity (Wildman–Crippen MR) is 160 cm³/mol. The Labute approximate surface area is 240 Å². The van der Waals surface area contributed by atoms with Gasteiger partial charge in [0, 0.05) is 47.7 Å². The first-order valence-electron chi connectivity index (χ1n) is 16.2. The number of hydrogen-bond donors (Lipinski definition) is 2. The van der Waals surface area contributed by atoms with Crippen LogP contribution in [0.5, 0.6) is 5.75 Å². The van der Waals surface area contributed by atoms with Gasteiger partial charge in [0.25, 0.3) is 0 Å². The summed E-state index contributed by atoms with van der Waals surface area (Å²) in [4.78, 5) is 12.6. The van der Waals surface area contributed by atoms with Crippen molar-refractivity contribution in [2.75, 3.05) is 18.1 Å². The van der Waals surface area contributed by atoms with E-state index in [0.717, 1.165) is 77.0 Å². The second kappa shape index (κ2) is 15.2. The Kier molecular flexibility index (Phi) is 11.7. The van der Waals surface area contributed by atoms with Crippen LogP contribution in [0.3, 0.4) is 0 Å². The van der Waals surface area contributed by atoms with Crippen molar-refractivity contribution < 1.29 is 18.3 Å². The van der Waals surface area contributed by atoms with E-state index in [1.165, 1.54) is 19.3 Å². The molecule has 0 aliphatic heterocycles. The van der Waals surface area contributed by atoms with Crippen molar-refractivity contribution in [1.29, 1.82) is 0 Å². The first-order chi connectivity index (χ1) is 19.3. The van der Waals surface area contributed by atoms with Crippen LogP contribution in [0.15, 0.2) is 29.9 Å². The Hall–Kier alpha value is -2.11. The number of hydrogen-bond acceptors (Lipinski definition) is 4. The molecule has 0 aromatic heterocycles. The Morgan fingerprint density at radius 1 is 0.725 bits per heavy atom. The van der Waals surface area contributed by atoms with Gasteiger partial charge in [-0.2, -0.15) is 0 Å². The third-order valence-corrected chi connectivity index (χ3v) is 10.2. The monoisotopic (exact) mass is 558 g/mol. The number of ketones is 1. The predicted octanol–water partition coefficient (Wildman–Crippen LogP) is 9.34. The molecular weight excluding hydrogens is 506 g/mol. The van der Waals surface area contributed by atoms with Crippen molar-refractivity contribution in [1.82, 2.24) is 0 Å². The number of anilines is 2. The zero-order valence-corrected chi connectivity index (χ0v) is 24.7. The number of nitrogen functional groups attached to an aromatic ring is 2. The summed E-state index contributed by atoms with van der Waals surface area (Å²) in [5, 5.41) is 0. The summed E-state index contributed by atoms with van der Waals surface area (Å²) in [5.74, 6) is 1.50. The molecule has 0 saturated heterocycles. The smallest absolute Gasteiger partial charge is 0.135 e. The highest BCUT2D eigenvalue weighted by molar-refractivity contribution is 5.81. The van der Waals surface area contributed by atoms with Crippen molar-refractivity contribution in [2.45, 2.75) is 116 Å². The number of rotatable bonds is 12. The number of Topliss-reactive ketones (excluding diaryl/α,β-unsaturated/α-hetero) is 1. The SMILES string of the molecule is CCCCCCC(=O)C1CCC(C2CCC(/C(F)=C(\F)C3CCC(COc4cc(N)cc(N)c4)CC3)CC2)CC1. The number of nitrogens with two attached hydrogens (primary N) is 2. The second-order valence-corrected chi connectivity index (χ2v) is 13.1. The highest BCUT2D eigenvalue weighted by Crippen LogP contribution is 2.45. The van der Waals surface area contributed by atoms with Crippen molar-refractivity contribution in [3.8, 4) is 5.75 Å². The van der Waals surface area contributed by atoms with E-state index in [9.17, 15) is 4.79 Å². The Morgan fingerprint density at radius 2 is 1.23 bits per heavy atom. The zero-order valence-electron chi connectivity index (χ0n) is 24.7. The third kappa shape index (κ3) is 8.69. The molecule has 1 aromatic rings. The van der Waals surface area contributed by atoms with Crippen molar-refractivity contribution in [3.05, 3.63) is 29.9 Å². The maximum atomic E-state index is 15.3. The standard InChI is InChI=1S/C34H52F2N2O2/c1-2-3-4-5-6-32(39)26-15-11-24(12-16-26)25-13-17-28(18-14-25)34(36)33(35)27-9-7-23(8-10-27)22-40-31-20-29(37)19-30(38)21-31/h19-21,23-28H,2-18,22,37-38H2,1H3/b34-33+. The third-order valence-electron chi connectivity index (χ3n) is 10.2. The summed E-state index contributed by atoms with van der Waals surface area (Å²) in [5.41, 5.74) is 12.8. The quantitative estimate of drug-likeness (QED) is 0.198. The van der Waals surface area contributed by atoms with Gasteiger partial charge in [0.1, 0.15) is 23.2 Å². The molecule has 224 valence electrons. The summed E-state index contributed by atoms with van der Waals surface area (Å²) in [6.45, 7) is 2.74. The van der Waals surface area contributed by atoms with E-state index in [2.05, 4.69) is 6.92 Å². The van der Waals surface area contributed by atoms with Crippen LogP contribution in [0.25, 0.3) is 0 Å². The van der Waals surface area contributed by atoms with E-state index in [1.807, 2.05) is 0 Å². The molecular formula is C34H52F2N2O2. The molecule has 4 N–H and O–H groups in total. The molecule has 0 unspecified atom stereocenters. The molecule has 40 heavy (non-hydrogen) atoms. The van der Waals surface area contributed by atoms with Crippen LogP contribution in [0, 0.1) is 35.5 Å². The summed E-state index contributed by atoms with van der Waals surface area (Å²) < 4.78 is 36.4. The fourth-order valence-electron chi connectivity index (χ4n) is 7.60. The number of carbonyl (C=O) groups excluding carboxylic acids is 1. The lowest BCUT2D eigenvalue weighted by Gasteiger charge is -2.37. The van der Waals surface area contributed by atoms with E-state index in [0.29, 0.717) is 60.1 Å². The average molecular weight is 559 g/mol. The average Bonchev–Trinajstić information content (AvgIpc) is 2.97. The van der Waals surface area contributed by atoms with E-state index in [4.69, 9.17) is 16.2 Å². The highest BCUT2D eigenvalue weighted by atomic mass is 19.2. The molecule has 3 saturated carbocycles. The molecule has 0 spiro atoms. The molecule has 4 nitrogen and oxygen atoms in total. The summed E-state index contributed by atoms with van der Waals surface area (Å²) in [6.07, 6.45) is 16.2. The minimum Gasteiger partial charge on any atom is -0.493 e. The van der Waals surface area contributed by atoms with E-state index in [1.54, 1.807) is 18.2 Å². The minimum atomic E-state index is -0.482. The normalized spacial score (nSPS) is 30.0. The van der Waals surface area contributed by atoms with Crippen LogP contribution in [-0.4, -0.2) is 12.4 Å².